The molecule has 110 valence electrons. The highest BCUT2D eigenvalue weighted by molar-refractivity contribution is 9.10. The highest BCUT2D eigenvalue weighted by Crippen LogP contribution is 2.22. The lowest BCUT2D eigenvalue weighted by atomic mass is 10.1. The van der Waals surface area contributed by atoms with Crippen LogP contribution in [0.1, 0.15) is 20.7 Å². The average molecular weight is 359 g/mol. The summed E-state index contributed by atoms with van der Waals surface area (Å²) in [5.74, 6) is -1.30. The Bertz CT molecular complexity index is 736. The third kappa shape index (κ3) is 2.65. The van der Waals surface area contributed by atoms with Gasteiger partial charge in [-0.1, -0.05) is 28.1 Å². The number of nitrogens with zero attached hydrogens (tertiary/aromatic N) is 1. The summed E-state index contributed by atoms with van der Waals surface area (Å²) in [4.78, 5) is 37.3. The molecule has 1 N–H and O–H groups in total. The first kappa shape index (κ1) is 14.5. The van der Waals surface area contributed by atoms with Gasteiger partial charge in [0.25, 0.3) is 11.8 Å². The first-order valence-corrected chi connectivity index (χ1v) is 7.36. The van der Waals surface area contributed by atoms with Gasteiger partial charge in [0.2, 0.25) is 5.91 Å². The van der Waals surface area contributed by atoms with E-state index in [-0.39, 0.29) is 6.54 Å². The largest absolute Gasteiger partial charge is 0.325 e. The van der Waals surface area contributed by atoms with E-state index >= 15 is 0 Å². The molecule has 0 atom stereocenters. The van der Waals surface area contributed by atoms with Crippen LogP contribution in [-0.4, -0.2) is 29.2 Å². The van der Waals surface area contributed by atoms with Gasteiger partial charge in [0.15, 0.2) is 0 Å². The van der Waals surface area contributed by atoms with E-state index in [2.05, 4.69) is 21.2 Å². The number of hydrogen-bond acceptors (Lipinski definition) is 3. The fraction of sp³-hybridized carbons (Fsp3) is 0.0625. The minimum atomic E-state index is -0.438. The summed E-state index contributed by atoms with van der Waals surface area (Å²) in [5.41, 5.74) is 1.28. The Morgan fingerprint density at radius 1 is 0.955 bits per heavy atom. The van der Waals surface area contributed by atoms with E-state index in [0.717, 1.165) is 9.37 Å². The third-order valence-electron chi connectivity index (χ3n) is 3.31. The van der Waals surface area contributed by atoms with Crippen molar-refractivity contribution in [3.05, 3.63) is 64.1 Å². The number of benzene rings is 2. The molecule has 5 nitrogen and oxygen atoms in total. The number of fused-ring (bicyclic) bond motifs is 1. The predicted molar refractivity (Wildman–Crippen MR) is 84.6 cm³/mol. The van der Waals surface area contributed by atoms with Crippen LogP contribution < -0.4 is 5.32 Å². The molecular weight excluding hydrogens is 348 g/mol. The lowest BCUT2D eigenvalue weighted by Crippen LogP contribution is -2.37. The van der Waals surface area contributed by atoms with E-state index in [4.69, 9.17) is 0 Å². The fourth-order valence-corrected chi connectivity index (χ4v) is 2.52. The number of nitrogens with one attached hydrogen (secondary N) is 1. The number of hydrogen-bond donors (Lipinski definition) is 1. The molecule has 0 aliphatic carbocycles. The fourth-order valence-electron chi connectivity index (χ4n) is 2.26. The number of rotatable bonds is 3. The molecule has 0 bridgehead atoms. The standard InChI is InChI=1S/C16H11BrN2O3/c17-10-5-7-11(8-6-10)18-14(20)9-19-15(21)12-3-1-2-4-13(12)16(19)22/h1-8H,9H2,(H,18,20). The summed E-state index contributed by atoms with van der Waals surface area (Å²) in [6.07, 6.45) is 0. The van der Waals surface area contributed by atoms with Crippen LogP contribution in [0.5, 0.6) is 0 Å². The van der Waals surface area contributed by atoms with Crippen molar-refractivity contribution in [3.63, 3.8) is 0 Å². The van der Waals surface area contributed by atoms with Gasteiger partial charge in [0, 0.05) is 10.2 Å². The second-order valence-electron chi connectivity index (χ2n) is 4.80. The van der Waals surface area contributed by atoms with Crippen LogP contribution in [0, 0.1) is 0 Å². The van der Waals surface area contributed by atoms with Gasteiger partial charge in [0.1, 0.15) is 6.54 Å². The number of amides is 3. The minimum absolute atomic E-state index is 0.303. The van der Waals surface area contributed by atoms with Crippen molar-refractivity contribution < 1.29 is 14.4 Å². The summed E-state index contributed by atoms with van der Waals surface area (Å²) < 4.78 is 0.894. The summed E-state index contributed by atoms with van der Waals surface area (Å²) in [6, 6.07) is 13.6. The Balaban J connectivity index is 1.71. The highest BCUT2D eigenvalue weighted by atomic mass is 79.9. The summed E-state index contributed by atoms with van der Waals surface area (Å²) in [5, 5.41) is 2.66. The second-order valence-corrected chi connectivity index (χ2v) is 5.71. The molecule has 0 radical (unpaired) electrons. The Labute approximate surface area is 135 Å². The molecule has 0 fully saturated rings. The van der Waals surface area contributed by atoms with Crippen molar-refractivity contribution in [2.24, 2.45) is 0 Å². The van der Waals surface area contributed by atoms with Crippen molar-refractivity contribution in [2.45, 2.75) is 0 Å². The molecule has 2 aromatic carbocycles. The molecule has 2 aromatic rings. The highest BCUT2D eigenvalue weighted by Gasteiger charge is 2.36. The van der Waals surface area contributed by atoms with Crippen molar-refractivity contribution in [3.8, 4) is 0 Å². The van der Waals surface area contributed by atoms with Gasteiger partial charge >= 0.3 is 0 Å². The zero-order chi connectivity index (χ0) is 15.7. The number of anilines is 1. The summed E-state index contributed by atoms with van der Waals surface area (Å²) in [7, 11) is 0. The van der Waals surface area contributed by atoms with E-state index in [0.29, 0.717) is 16.8 Å². The molecule has 1 aliphatic rings. The number of halogens is 1. The van der Waals surface area contributed by atoms with Crippen LogP contribution in [0.4, 0.5) is 5.69 Å². The van der Waals surface area contributed by atoms with E-state index in [1.165, 1.54) is 0 Å². The SMILES string of the molecule is O=C(CN1C(=O)c2ccccc2C1=O)Nc1ccc(Br)cc1. The maximum absolute atomic E-state index is 12.2. The van der Waals surface area contributed by atoms with Gasteiger partial charge in [-0.15, -0.1) is 0 Å². The molecule has 1 heterocycles. The average Bonchev–Trinajstić information content (AvgIpc) is 2.75. The van der Waals surface area contributed by atoms with E-state index in [1.54, 1.807) is 48.5 Å². The summed E-state index contributed by atoms with van der Waals surface area (Å²) >= 11 is 3.30. The molecule has 6 heteroatoms. The lowest BCUT2D eigenvalue weighted by Gasteiger charge is -2.13. The number of carbonyl (C=O) groups excluding carboxylic acids is 3. The summed E-state index contributed by atoms with van der Waals surface area (Å²) in [6.45, 7) is -0.303. The molecule has 3 amide bonds. The normalized spacial score (nSPS) is 13.2. The quantitative estimate of drug-likeness (QED) is 0.857. The van der Waals surface area contributed by atoms with Crippen molar-refractivity contribution in [1.82, 2.24) is 4.90 Å². The Morgan fingerprint density at radius 2 is 1.50 bits per heavy atom. The number of imide groups is 1. The van der Waals surface area contributed by atoms with Crippen LogP contribution in [0.25, 0.3) is 0 Å². The van der Waals surface area contributed by atoms with Crippen molar-refractivity contribution in [1.29, 1.82) is 0 Å². The molecule has 0 aromatic heterocycles. The van der Waals surface area contributed by atoms with Gasteiger partial charge in [0.05, 0.1) is 11.1 Å². The second kappa shape index (κ2) is 5.73. The molecule has 0 unspecified atom stereocenters. The van der Waals surface area contributed by atoms with Crippen LogP contribution in [-0.2, 0) is 4.79 Å². The maximum atomic E-state index is 12.2. The van der Waals surface area contributed by atoms with Crippen molar-refractivity contribution >= 4 is 39.3 Å². The monoisotopic (exact) mass is 358 g/mol. The maximum Gasteiger partial charge on any atom is 0.262 e. The minimum Gasteiger partial charge on any atom is -0.325 e. The Kier molecular flexibility index (Phi) is 3.77. The lowest BCUT2D eigenvalue weighted by molar-refractivity contribution is -0.116. The third-order valence-corrected chi connectivity index (χ3v) is 3.84. The number of carbonyl (C=O) groups is 3. The molecule has 3 rings (SSSR count). The van der Waals surface area contributed by atoms with Gasteiger partial charge in [-0.3, -0.25) is 19.3 Å². The zero-order valence-corrected chi connectivity index (χ0v) is 13.0. The van der Waals surface area contributed by atoms with Crippen LogP contribution >= 0.6 is 15.9 Å². The van der Waals surface area contributed by atoms with Crippen molar-refractivity contribution in [2.75, 3.05) is 11.9 Å². The van der Waals surface area contributed by atoms with Crippen LogP contribution in [0.3, 0.4) is 0 Å². The van der Waals surface area contributed by atoms with Gasteiger partial charge < -0.3 is 5.32 Å². The molecule has 1 aliphatic heterocycles. The van der Waals surface area contributed by atoms with Crippen LogP contribution in [0.15, 0.2) is 53.0 Å². The van der Waals surface area contributed by atoms with E-state index < -0.39 is 17.7 Å². The first-order valence-electron chi connectivity index (χ1n) is 6.57. The first-order chi connectivity index (χ1) is 10.6. The van der Waals surface area contributed by atoms with Gasteiger partial charge in [-0.05, 0) is 36.4 Å². The molecule has 22 heavy (non-hydrogen) atoms. The van der Waals surface area contributed by atoms with Gasteiger partial charge in [-0.2, -0.15) is 0 Å². The van der Waals surface area contributed by atoms with Crippen LogP contribution in [0.2, 0.25) is 0 Å². The molecule has 0 saturated carbocycles. The van der Waals surface area contributed by atoms with E-state index in [9.17, 15) is 14.4 Å². The smallest absolute Gasteiger partial charge is 0.262 e. The topological polar surface area (TPSA) is 66.5 Å². The van der Waals surface area contributed by atoms with E-state index in [1.807, 2.05) is 0 Å². The molecule has 0 spiro atoms. The predicted octanol–water partition coefficient (Wildman–Crippen LogP) is 2.68. The Morgan fingerprint density at radius 3 is 2.05 bits per heavy atom. The Hall–Kier alpha value is -2.47. The zero-order valence-electron chi connectivity index (χ0n) is 11.4. The molecule has 0 saturated heterocycles. The van der Waals surface area contributed by atoms with Gasteiger partial charge in [-0.25, -0.2) is 0 Å². The molecular formula is C16H11BrN2O3.